The van der Waals surface area contributed by atoms with Crippen LogP contribution in [0.15, 0.2) is 46.7 Å². The van der Waals surface area contributed by atoms with Gasteiger partial charge in [0, 0.05) is 12.8 Å². The molecule has 0 radical (unpaired) electrons. The van der Waals surface area contributed by atoms with Crippen LogP contribution in [0.25, 0.3) is 0 Å². The highest BCUT2D eigenvalue weighted by Crippen LogP contribution is 2.19. The smallest absolute Gasteiger partial charge is 0.126 e. The number of nitrogens with zero attached hydrogens (tertiary/aromatic N) is 1. The van der Waals surface area contributed by atoms with Crippen LogP contribution in [-0.2, 0) is 4.74 Å². The number of hydrogen-bond acceptors (Lipinski definition) is 2. The molecule has 0 unspecified atom stereocenters. The summed E-state index contributed by atoms with van der Waals surface area (Å²) in [5.41, 5.74) is 4.23. The molecule has 0 amide bonds. The Kier molecular flexibility index (Phi) is 11.6. The molecule has 0 fully saturated rings. The van der Waals surface area contributed by atoms with Crippen molar-refractivity contribution in [2.75, 3.05) is 13.2 Å². The Labute approximate surface area is 140 Å². The van der Waals surface area contributed by atoms with Gasteiger partial charge < -0.3 is 4.74 Å². The predicted octanol–water partition coefficient (Wildman–Crippen LogP) is 5.80. The first-order valence-electron chi connectivity index (χ1n) is 8.31. The average molecular weight is 319 g/mol. The van der Waals surface area contributed by atoms with E-state index in [-0.39, 0.29) is 5.82 Å². The molecule has 0 aliphatic carbocycles. The minimum Gasteiger partial charge on any atom is -0.496 e. The molecular weight excluding hydrogens is 289 g/mol. The Morgan fingerprint density at radius 1 is 1.22 bits per heavy atom. The second-order valence-electron chi connectivity index (χ2n) is 4.90. The number of rotatable bonds is 3. The minimum absolute atomic E-state index is 0.116. The zero-order chi connectivity index (χ0) is 17.7. The van der Waals surface area contributed by atoms with Gasteiger partial charge in [0.05, 0.1) is 6.26 Å². The first-order valence-corrected chi connectivity index (χ1v) is 8.31. The summed E-state index contributed by atoms with van der Waals surface area (Å²) in [7, 11) is 0. The zero-order valence-corrected chi connectivity index (χ0v) is 15.3. The molecule has 0 saturated carbocycles. The maximum atomic E-state index is 12.6. The summed E-state index contributed by atoms with van der Waals surface area (Å²) in [5.74, 6) is -0.116. The molecular formula is C20H30FNO. The number of aryl methyl sites for hydroxylation is 2. The summed E-state index contributed by atoms with van der Waals surface area (Å²) >= 11 is 0. The summed E-state index contributed by atoms with van der Waals surface area (Å²) in [4.78, 5) is 4.12. The lowest BCUT2D eigenvalue weighted by Gasteiger charge is -1.95. The van der Waals surface area contributed by atoms with Gasteiger partial charge in [0.2, 0.25) is 0 Å². The highest BCUT2D eigenvalue weighted by atomic mass is 19.1. The maximum absolute atomic E-state index is 12.6. The molecule has 2 rings (SSSR count). The predicted molar refractivity (Wildman–Crippen MR) is 98.7 cm³/mol. The second kappa shape index (κ2) is 12.6. The number of aliphatic imine (C=N–C) groups is 1. The Hall–Kier alpha value is -1.90. The zero-order valence-electron chi connectivity index (χ0n) is 15.3. The fraction of sp³-hybridized carbons (Fsp3) is 0.450. The van der Waals surface area contributed by atoms with Gasteiger partial charge >= 0.3 is 0 Å². The minimum atomic E-state index is -0.116. The van der Waals surface area contributed by atoms with E-state index in [0.29, 0.717) is 12.2 Å². The Balaban J connectivity index is 0.000000392. The third-order valence-electron chi connectivity index (χ3n) is 3.15. The van der Waals surface area contributed by atoms with E-state index in [1.807, 2.05) is 52.3 Å². The summed E-state index contributed by atoms with van der Waals surface area (Å²) in [6.45, 7) is 13.3. The van der Waals surface area contributed by atoms with Gasteiger partial charge in [-0.1, -0.05) is 32.9 Å². The number of benzene rings is 1. The SMILES string of the molecule is CC.CCN=C/C=C1\COC=C1CC.Cc1ccc(C)c(F)c1. The van der Waals surface area contributed by atoms with Crippen molar-refractivity contribution in [1.29, 1.82) is 0 Å². The van der Waals surface area contributed by atoms with Crippen molar-refractivity contribution < 1.29 is 9.13 Å². The quantitative estimate of drug-likeness (QED) is 0.646. The van der Waals surface area contributed by atoms with Crippen LogP contribution in [0.1, 0.15) is 45.2 Å². The molecule has 1 heterocycles. The largest absolute Gasteiger partial charge is 0.496 e. The monoisotopic (exact) mass is 319 g/mol. The number of hydrogen-bond donors (Lipinski definition) is 0. The molecule has 0 aromatic heterocycles. The number of halogens is 1. The molecule has 1 aromatic carbocycles. The van der Waals surface area contributed by atoms with E-state index in [2.05, 4.69) is 11.9 Å². The van der Waals surface area contributed by atoms with Gasteiger partial charge in [-0.2, -0.15) is 0 Å². The van der Waals surface area contributed by atoms with Crippen LogP contribution in [0.5, 0.6) is 0 Å². The molecule has 2 nitrogen and oxygen atoms in total. The lowest BCUT2D eigenvalue weighted by atomic mass is 10.1. The van der Waals surface area contributed by atoms with Crippen LogP contribution in [0, 0.1) is 19.7 Å². The van der Waals surface area contributed by atoms with Crippen LogP contribution in [0.3, 0.4) is 0 Å². The highest BCUT2D eigenvalue weighted by molar-refractivity contribution is 5.73. The number of allylic oxidation sites excluding steroid dienone is 1. The van der Waals surface area contributed by atoms with Gasteiger partial charge in [-0.25, -0.2) is 4.39 Å². The first kappa shape index (κ1) is 21.1. The highest BCUT2D eigenvalue weighted by Gasteiger charge is 2.08. The van der Waals surface area contributed by atoms with Crippen molar-refractivity contribution in [3.63, 3.8) is 0 Å². The topological polar surface area (TPSA) is 21.6 Å². The van der Waals surface area contributed by atoms with Crippen LogP contribution >= 0.6 is 0 Å². The van der Waals surface area contributed by atoms with E-state index in [4.69, 9.17) is 4.74 Å². The standard InChI is InChI=1S/C10H15NO.C8H9F.C2H6/c1-3-9-7-12-8-10(9)5-6-11-4-2;1-6-3-4-7(2)8(9)5-6;1-2/h5-7H,3-4,8H2,1-2H3;3-5H,1-2H3;1-2H3/b10-5+,11-6?;;. The Bertz CT molecular complexity index is 545. The van der Waals surface area contributed by atoms with Crippen molar-refractivity contribution in [1.82, 2.24) is 0 Å². The summed E-state index contributed by atoms with van der Waals surface area (Å²) in [5, 5.41) is 0. The van der Waals surface area contributed by atoms with E-state index in [9.17, 15) is 4.39 Å². The van der Waals surface area contributed by atoms with Gasteiger partial charge in [0.25, 0.3) is 0 Å². The van der Waals surface area contributed by atoms with Crippen LogP contribution in [-0.4, -0.2) is 19.4 Å². The van der Waals surface area contributed by atoms with Crippen molar-refractivity contribution in [2.45, 2.75) is 48.0 Å². The van der Waals surface area contributed by atoms with Crippen molar-refractivity contribution in [2.24, 2.45) is 4.99 Å². The molecule has 0 saturated heterocycles. The third-order valence-corrected chi connectivity index (χ3v) is 3.15. The van der Waals surface area contributed by atoms with Crippen LogP contribution in [0.4, 0.5) is 4.39 Å². The van der Waals surface area contributed by atoms with E-state index in [0.717, 1.165) is 18.5 Å². The normalized spacial score (nSPS) is 14.6. The molecule has 128 valence electrons. The van der Waals surface area contributed by atoms with E-state index < -0.39 is 0 Å². The molecule has 3 heteroatoms. The number of ether oxygens (including phenoxy) is 1. The van der Waals surface area contributed by atoms with Crippen molar-refractivity contribution in [3.8, 4) is 0 Å². The van der Waals surface area contributed by atoms with E-state index >= 15 is 0 Å². The summed E-state index contributed by atoms with van der Waals surface area (Å²) in [6, 6.07) is 5.22. The van der Waals surface area contributed by atoms with Gasteiger partial charge in [0.15, 0.2) is 0 Å². The Morgan fingerprint density at radius 3 is 2.43 bits per heavy atom. The third kappa shape index (κ3) is 8.34. The molecule has 1 aromatic rings. The van der Waals surface area contributed by atoms with Crippen LogP contribution in [0.2, 0.25) is 0 Å². The first-order chi connectivity index (χ1) is 11.1. The maximum Gasteiger partial charge on any atom is 0.126 e. The molecule has 0 N–H and O–H groups in total. The lowest BCUT2D eigenvalue weighted by molar-refractivity contribution is 0.301. The van der Waals surface area contributed by atoms with Gasteiger partial charge in [0.1, 0.15) is 12.4 Å². The average Bonchev–Trinajstić information content (AvgIpc) is 3.02. The van der Waals surface area contributed by atoms with Gasteiger partial charge in [-0.05, 0) is 61.6 Å². The van der Waals surface area contributed by atoms with Gasteiger partial charge in [-0.15, -0.1) is 0 Å². The fourth-order valence-electron chi connectivity index (χ4n) is 1.81. The molecule has 0 spiro atoms. The van der Waals surface area contributed by atoms with E-state index in [1.54, 1.807) is 13.0 Å². The molecule has 0 bridgehead atoms. The van der Waals surface area contributed by atoms with Crippen molar-refractivity contribution in [3.05, 3.63) is 58.6 Å². The van der Waals surface area contributed by atoms with Crippen molar-refractivity contribution >= 4 is 6.21 Å². The molecule has 1 aliphatic heterocycles. The van der Waals surface area contributed by atoms with E-state index in [1.165, 1.54) is 17.2 Å². The van der Waals surface area contributed by atoms with Crippen LogP contribution < -0.4 is 0 Å². The summed E-state index contributed by atoms with van der Waals surface area (Å²) < 4.78 is 17.8. The molecule has 0 atom stereocenters. The van der Waals surface area contributed by atoms with Gasteiger partial charge in [-0.3, -0.25) is 4.99 Å². The second-order valence-corrected chi connectivity index (χ2v) is 4.90. The summed E-state index contributed by atoms with van der Waals surface area (Å²) in [6.07, 6.45) is 6.76. The molecule has 1 aliphatic rings. The fourth-order valence-corrected chi connectivity index (χ4v) is 1.81. The lowest BCUT2D eigenvalue weighted by Crippen LogP contribution is -1.88. The Morgan fingerprint density at radius 2 is 1.91 bits per heavy atom. The molecule has 23 heavy (non-hydrogen) atoms.